The summed E-state index contributed by atoms with van der Waals surface area (Å²) in [5.74, 6) is 0.0808. The Labute approximate surface area is 170 Å². The van der Waals surface area contributed by atoms with E-state index in [0.717, 1.165) is 44.6 Å². The highest BCUT2D eigenvalue weighted by molar-refractivity contribution is 5.95. The lowest BCUT2D eigenvalue weighted by Crippen LogP contribution is -2.47. The highest BCUT2D eigenvalue weighted by Crippen LogP contribution is 2.36. The van der Waals surface area contributed by atoms with Crippen molar-refractivity contribution in [2.45, 2.75) is 19.3 Å². The van der Waals surface area contributed by atoms with Gasteiger partial charge in [0, 0.05) is 31.3 Å². The first-order valence-corrected chi connectivity index (χ1v) is 9.44. The van der Waals surface area contributed by atoms with Gasteiger partial charge in [0.05, 0.1) is 6.54 Å². The number of amides is 2. The summed E-state index contributed by atoms with van der Waals surface area (Å²) in [7, 11) is 0. The summed E-state index contributed by atoms with van der Waals surface area (Å²) >= 11 is 0. The molecule has 7 nitrogen and oxygen atoms in total. The predicted molar refractivity (Wildman–Crippen MR) is 107 cm³/mol. The number of rotatable bonds is 4. The van der Waals surface area contributed by atoms with Crippen molar-refractivity contribution in [1.82, 2.24) is 20.7 Å². The number of benzene rings is 1. The van der Waals surface area contributed by atoms with Gasteiger partial charge in [-0.25, -0.2) is 0 Å². The van der Waals surface area contributed by atoms with Gasteiger partial charge in [0.1, 0.15) is 0 Å². The molecule has 2 aliphatic rings. The Bertz CT molecular complexity index is 808. The third-order valence-electron chi connectivity index (χ3n) is 5.71. The lowest BCUT2D eigenvalue weighted by atomic mass is 9.78. The number of halogens is 1. The van der Waals surface area contributed by atoms with Crippen LogP contribution in [0.4, 0.5) is 0 Å². The maximum atomic E-state index is 12.4. The van der Waals surface area contributed by atoms with E-state index in [-0.39, 0.29) is 30.6 Å². The topological polar surface area (TPSA) is 87.5 Å². The molecule has 2 saturated heterocycles. The van der Waals surface area contributed by atoms with Crippen molar-refractivity contribution >= 4 is 24.2 Å². The molecule has 2 fully saturated rings. The first-order valence-electron chi connectivity index (χ1n) is 9.44. The van der Waals surface area contributed by atoms with Crippen LogP contribution in [0.5, 0.6) is 0 Å². The minimum absolute atomic E-state index is 0. The van der Waals surface area contributed by atoms with E-state index in [1.54, 1.807) is 6.07 Å². The summed E-state index contributed by atoms with van der Waals surface area (Å²) in [5, 5.41) is 9.89. The average molecular weight is 405 g/mol. The lowest BCUT2D eigenvalue weighted by molar-refractivity contribution is -0.132. The molecule has 0 saturated carbocycles. The summed E-state index contributed by atoms with van der Waals surface area (Å²) in [4.78, 5) is 26.5. The lowest BCUT2D eigenvalue weighted by Gasteiger charge is -2.38. The molecule has 1 aromatic carbocycles. The van der Waals surface area contributed by atoms with E-state index in [2.05, 4.69) is 15.8 Å². The molecular weight excluding hydrogens is 380 g/mol. The summed E-state index contributed by atoms with van der Waals surface area (Å²) in [5.41, 5.74) is 1.40. The number of carbonyl (C=O) groups excluding carboxylic acids is 2. The molecule has 0 radical (unpaired) electrons. The van der Waals surface area contributed by atoms with Crippen molar-refractivity contribution in [3.63, 3.8) is 0 Å². The number of hydrogen-bond acceptors (Lipinski definition) is 5. The van der Waals surface area contributed by atoms with E-state index in [9.17, 15) is 9.59 Å². The molecule has 0 atom stereocenters. The van der Waals surface area contributed by atoms with Crippen molar-refractivity contribution in [2.75, 3.05) is 32.7 Å². The predicted octanol–water partition coefficient (Wildman–Crippen LogP) is 2.10. The fraction of sp³-hybridized carbons (Fsp3) is 0.450. The summed E-state index contributed by atoms with van der Waals surface area (Å²) < 4.78 is 5.24. The van der Waals surface area contributed by atoms with Gasteiger partial charge in [0.15, 0.2) is 11.5 Å². The molecule has 2 aromatic rings. The van der Waals surface area contributed by atoms with Crippen molar-refractivity contribution in [1.29, 1.82) is 0 Å². The van der Waals surface area contributed by atoms with Crippen LogP contribution in [-0.4, -0.2) is 54.6 Å². The Morgan fingerprint density at radius 2 is 1.93 bits per heavy atom. The summed E-state index contributed by atoms with van der Waals surface area (Å²) in [6, 6.07) is 11.0. The second kappa shape index (κ2) is 8.75. The molecule has 1 spiro atoms. The van der Waals surface area contributed by atoms with E-state index < -0.39 is 5.91 Å². The Balaban J connectivity index is 0.00000225. The Morgan fingerprint density at radius 3 is 2.61 bits per heavy atom. The van der Waals surface area contributed by atoms with Crippen LogP contribution in [0.2, 0.25) is 0 Å². The zero-order valence-corrected chi connectivity index (χ0v) is 16.5. The van der Waals surface area contributed by atoms with Crippen LogP contribution >= 0.6 is 12.4 Å². The van der Waals surface area contributed by atoms with E-state index in [4.69, 9.17) is 4.52 Å². The highest BCUT2D eigenvalue weighted by Gasteiger charge is 2.37. The van der Waals surface area contributed by atoms with Gasteiger partial charge in [-0.3, -0.25) is 9.59 Å². The van der Waals surface area contributed by atoms with Gasteiger partial charge in [0.25, 0.3) is 5.91 Å². The minimum Gasteiger partial charge on any atom is -0.355 e. The fourth-order valence-electron chi connectivity index (χ4n) is 3.93. The smallest absolute Gasteiger partial charge is 0.273 e. The van der Waals surface area contributed by atoms with E-state index in [0.29, 0.717) is 11.2 Å². The van der Waals surface area contributed by atoms with Gasteiger partial charge in [-0.05, 0) is 31.2 Å². The third-order valence-corrected chi connectivity index (χ3v) is 5.71. The molecule has 4 rings (SSSR count). The molecule has 8 heteroatoms. The van der Waals surface area contributed by atoms with Crippen LogP contribution in [0.3, 0.4) is 0 Å². The van der Waals surface area contributed by atoms with Crippen LogP contribution in [0, 0.1) is 5.41 Å². The highest BCUT2D eigenvalue weighted by atomic mass is 35.5. The first kappa shape index (κ1) is 20.4. The minimum atomic E-state index is -0.400. The van der Waals surface area contributed by atoms with Gasteiger partial charge in [0.2, 0.25) is 5.91 Å². The Kier molecular flexibility index (Phi) is 6.36. The second-order valence-electron chi connectivity index (χ2n) is 7.43. The average Bonchev–Trinajstić information content (AvgIpc) is 3.37. The van der Waals surface area contributed by atoms with E-state index >= 15 is 0 Å². The molecule has 2 amide bonds. The van der Waals surface area contributed by atoms with Crippen molar-refractivity contribution in [3.8, 4) is 11.3 Å². The molecule has 1 aromatic heterocycles. The molecule has 0 aliphatic carbocycles. The molecule has 28 heavy (non-hydrogen) atoms. The van der Waals surface area contributed by atoms with Crippen LogP contribution in [0.25, 0.3) is 11.3 Å². The maximum absolute atomic E-state index is 12.4. The third kappa shape index (κ3) is 4.36. The Hall–Kier alpha value is -2.38. The fourth-order valence-corrected chi connectivity index (χ4v) is 3.93. The number of carbonyl (C=O) groups is 2. The van der Waals surface area contributed by atoms with Gasteiger partial charge in [-0.15, -0.1) is 12.4 Å². The molecule has 0 bridgehead atoms. The Morgan fingerprint density at radius 1 is 1.18 bits per heavy atom. The standard InChI is InChI=1S/C20H24N4O3.ClH/c25-18(24-10-7-20(8-11-24)6-9-21-14-20)13-22-19(26)16-12-17(27-23-16)15-4-2-1-3-5-15;/h1-5,12,21H,6-11,13-14H2,(H,22,26);1H. The number of hydrogen-bond donors (Lipinski definition) is 2. The van der Waals surface area contributed by atoms with Crippen LogP contribution in [0.15, 0.2) is 40.9 Å². The number of likely N-dealkylation sites (tertiary alicyclic amines) is 1. The molecule has 2 aliphatic heterocycles. The molecule has 150 valence electrons. The number of nitrogens with zero attached hydrogens (tertiary/aromatic N) is 2. The second-order valence-corrected chi connectivity index (χ2v) is 7.43. The van der Waals surface area contributed by atoms with E-state index in [1.807, 2.05) is 35.2 Å². The van der Waals surface area contributed by atoms with Gasteiger partial charge in [-0.2, -0.15) is 0 Å². The van der Waals surface area contributed by atoms with Gasteiger partial charge in [-0.1, -0.05) is 35.5 Å². The van der Waals surface area contributed by atoms with Crippen LogP contribution in [-0.2, 0) is 4.79 Å². The van der Waals surface area contributed by atoms with Crippen molar-refractivity contribution in [2.24, 2.45) is 5.41 Å². The zero-order valence-electron chi connectivity index (χ0n) is 15.6. The van der Waals surface area contributed by atoms with E-state index in [1.165, 1.54) is 6.42 Å². The normalized spacial score (nSPS) is 17.9. The van der Waals surface area contributed by atoms with Gasteiger partial charge < -0.3 is 20.1 Å². The van der Waals surface area contributed by atoms with Crippen molar-refractivity contribution in [3.05, 3.63) is 42.1 Å². The number of aromatic nitrogens is 1. The quantitative estimate of drug-likeness (QED) is 0.814. The molecule has 0 unspecified atom stereocenters. The van der Waals surface area contributed by atoms with Crippen LogP contribution < -0.4 is 10.6 Å². The zero-order chi connectivity index (χ0) is 18.7. The summed E-state index contributed by atoms with van der Waals surface area (Å²) in [6.07, 6.45) is 3.26. The SMILES string of the molecule is Cl.O=C(NCC(=O)N1CCC2(CCNC2)CC1)c1cc(-c2ccccc2)on1. The first-order chi connectivity index (χ1) is 13.2. The monoisotopic (exact) mass is 404 g/mol. The summed E-state index contributed by atoms with van der Waals surface area (Å²) in [6.45, 7) is 3.64. The largest absolute Gasteiger partial charge is 0.355 e. The molecular formula is C20H25ClN4O3. The molecule has 2 N–H and O–H groups in total. The maximum Gasteiger partial charge on any atom is 0.273 e. The van der Waals surface area contributed by atoms with Crippen LogP contribution in [0.1, 0.15) is 29.8 Å². The number of nitrogens with one attached hydrogen (secondary N) is 2. The number of piperidine rings is 1. The van der Waals surface area contributed by atoms with Gasteiger partial charge >= 0.3 is 0 Å². The molecule has 3 heterocycles. The van der Waals surface area contributed by atoms with Crippen molar-refractivity contribution < 1.29 is 14.1 Å².